The van der Waals surface area contributed by atoms with Crippen LogP contribution in [-0.4, -0.2) is 58.1 Å². The second-order valence-corrected chi connectivity index (χ2v) is 3.58. The summed E-state index contributed by atoms with van der Waals surface area (Å²) in [6, 6.07) is 0. The summed E-state index contributed by atoms with van der Waals surface area (Å²) in [5, 5.41) is 0. The lowest BCUT2D eigenvalue weighted by atomic mass is 10.4. The van der Waals surface area contributed by atoms with E-state index in [-0.39, 0.29) is 24.0 Å². The van der Waals surface area contributed by atoms with Crippen molar-refractivity contribution in [3.05, 3.63) is 0 Å². The SMILES string of the molecule is CC[N+](C)(CC)CCOCCOC.[I-]. The number of hydrogen-bond acceptors (Lipinski definition) is 2. The maximum absolute atomic E-state index is 5.43. The van der Waals surface area contributed by atoms with Gasteiger partial charge in [-0.25, -0.2) is 0 Å². The van der Waals surface area contributed by atoms with Crippen molar-refractivity contribution in [1.82, 2.24) is 0 Å². The number of ether oxygens (including phenoxy) is 2. The van der Waals surface area contributed by atoms with E-state index in [9.17, 15) is 0 Å². The fourth-order valence-electron chi connectivity index (χ4n) is 1.07. The lowest BCUT2D eigenvalue weighted by Gasteiger charge is -2.31. The van der Waals surface area contributed by atoms with Gasteiger partial charge in [0, 0.05) is 7.11 Å². The molecule has 4 heteroatoms. The number of halogens is 1. The smallest absolute Gasteiger partial charge is 0.102 e. The average molecular weight is 317 g/mol. The molecule has 0 saturated heterocycles. The number of likely N-dealkylation sites (N-methyl/N-ethyl adjacent to an activating group) is 1. The molecule has 0 rings (SSSR count). The third-order valence-corrected chi connectivity index (χ3v) is 2.73. The normalized spacial score (nSPS) is 11.1. The monoisotopic (exact) mass is 317 g/mol. The number of nitrogens with zero attached hydrogens (tertiary/aromatic N) is 1. The predicted octanol–water partition coefficient (Wildman–Crippen LogP) is -1.86. The van der Waals surface area contributed by atoms with E-state index in [0.29, 0.717) is 13.2 Å². The van der Waals surface area contributed by atoms with E-state index in [1.165, 1.54) is 13.1 Å². The lowest BCUT2D eigenvalue weighted by molar-refractivity contribution is -0.906. The first-order valence-corrected chi connectivity index (χ1v) is 5.08. The Morgan fingerprint density at radius 1 is 1.00 bits per heavy atom. The molecule has 0 saturated carbocycles. The van der Waals surface area contributed by atoms with Crippen molar-refractivity contribution in [3.63, 3.8) is 0 Å². The Morgan fingerprint density at radius 2 is 1.57 bits per heavy atom. The third-order valence-electron chi connectivity index (χ3n) is 2.73. The van der Waals surface area contributed by atoms with Crippen molar-refractivity contribution < 1.29 is 37.9 Å². The Balaban J connectivity index is 0. The number of rotatable bonds is 8. The predicted molar refractivity (Wildman–Crippen MR) is 54.8 cm³/mol. The van der Waals surface area contributed by atoms with Crippen molar-refractivity contribution in [3.8, 4) is 0 Å². The van der Waals surface area contributed by atoms with E-state index in [4.69, 9.17) is 9.47 Å². The molecule has 14 heavy (non-hydrogen) atoms. The highest BCUT2D eigenvalue weighted by Crippen LogP contribution is 1.99. The minimum atomic E-state index is 0. The first-order valence-electron chi connectivity index (χ1n) is 5.08. The molecule has 0 aromatic heterocycles. The summed E-state index contributed by atoms with van der Waals surface area (Å²) in [5.41, 5.74) is 0. The van der Waals surface area contributed by atoms with Crippen LogP contribution >= 0.6 is 0 Å². The van der Waals surface area contributed by atoms with Crippen LogP contribution in [0.2, 0.25) is 0 Å². The van der Waals surface area contributed by atoms with Crippen molar-refractivity contribution in [2.24, 2.45) is 0 Å². The zero-order chi connectivity index (χ0) is 10.2. The molecule has 88 valence electrons. The fraction of sp³-hybridized carbons (Fsp3) is 1.00. The Kier molecular flexibility index (Phi) is 12.3. The van der Waals surface area contributed by atoms with Crippen LogP contribution < -0.4 is 24.0 Å². The van der Waals surface area contributed by atoms with Gasteiger partial charge < -0.3 is 37.9 Å². The maximum atomic E-state index is 5.43. The standard InChI is InChI=1S/C10H24NO2.HI/c1-5-11(3,6-2)7-8-13-10-9-12-4;/h5-10H2,1-4H3;1H/q+1;/p-1. The van der Waals surface area contributed by atoms with Crippen LogP contribution in [0.5, 0.6) is 0 Å². The fourth-order valence-corrected chi connectivity index (χ4v) is 1.07. The Bertz CT molecular complexity index is 119. The number of hydrogen-bond donors (Lipinski definition) is 0. The first kappa shape index (κ1) is 17.0. The second-order valence-electron chi connectivity index (χ2n) is 3.58. The Labute approximate surface area is 105 Å². The summed E-state index contributed by atoms with van der Waals surface area (Å²) in [6.07, 6.45) is 0. The molecule has 0 aliphatic rings. The zero-order valence-electron chi connectivity index (χ0n) is 9.88. The van der Waals surface area contributed by atoms with Crippen molar-refractivity contribution in [1.29, 1.82) is 0 Å². The molecule has 0 aromatic rings. The molecular weight excluding hydrogens is 293 g/mol. The summed E-state index contributed by atoms with van der Waals surface area (Å²) < 4.78 is 11.4. The summed E-state index contributed by atoms with van der Waals surface area (Å²) in [5.74, 6) is 0. The molecule has 0 radical (unpaired) electrons. The van der Waals surface area contributed by atoms with Gasteiger partial charge in [0.25, 0.3) is 0 Å². The summed E-state index contributed by atoms with van der Waals surface area (Å²) in [7, 11) is 3.96. The Morgan fingerprint density at radius 3 is 2.00 bits per heavy atom. The highest BCUT2D eigenvalue weighted by molar-refractivity contribution is 4.35. The number of quaternary nitrogens is 1. The van der Waals surface area contributed by atoms with Gasteiger partial charge in [0.1, 0.15) is 6.54 Å². The van der Waals surface area contributed by atoms with Gasteiger partial charge in [0.05, 0.1) is 40.0 Å². The first-order chi connectivity index (χ1) is 6.18. The Hall–Kier alpha value is 0.610. The van der Waals surface area contributed by atoms with Gasteiger partial charge in [-0.05, 0) is 13.8 Å². The summed E-state index contributed by atoms with van der Waals surface area (Å²) >= 11 is 0. The molecule has 0 aliphatic carbocycles. The van der Waals surface area contributed by atoms with Gasteiger partial charge in [-0.1, -0.05) is 0 Å². The van der Waals surface area contributed by atoms with Gasteiger partial charge in [-0.15, -0.1) is 0 Å². The molecule has 0 heterocycles. The molecule has 0 N–H and O–H groups in total. The molecule has 0 atom stereocenters. The molecule has 0 fully saturated rings. The van der Waals surface area contributed by atoms with Gasteiger partial charge in [0.15, 0.2) is 0 Å². The summed E-state index contributed by atoms with van der Waals surface area (Å²) in [6.45, 7) is 10.1. The maximum Gasteiger partial charge on any atom is 0.102 e. The van der Waals surface area contributed by atoms with Crippen LogP contribution in [0.1, 0.15) is 13.8 Å². The van der Waals surface area contributed by atoms with E-state index in [1.54, 1.807) is 7.11 Å². The quantitative estimate of drug-likeness (QED) is 0.297. The third kappa shape index (κ3) is 7.96. The molecular formula is C10H24INO2. The molecule has 0 bridgehead atoms. The lowest BCUT2D eigenvalue weighted by Crippen LogP contribution is -3.00. The van der Waals surface area contributed by atoms with Crippen LogP contribution in [0.15, 0.2) is 0 Å². The van der Waals surface area contributed by atoms with Gasteiger partial charge in [-0.3, -0.25) is 0 Å². The van der Waals surface area contributed by atoms with Crippen LogP contribution in [0.25, 0.3) is 0 Å². The number of methoxy groups -OCH3 is 1. The van der Waals surface area contributed by atoms with Crippen molar-refractivity contribution in [2.75, 3.05) is 53.6 Å². The minimum Gasteiger partial charge on any atom is -1.00 e. The summed E-state index contributed by atoms with van der Waals surface area (Å²) in [4.78, 5) is 0. The molecule has 3 nitrogen and oxygen atoms in total. The van der Waals surface area contributed by atoms with Crippen LogP contribution in [0.4, 0.5) is 0 Å². The van der Waals surface area contributed by atoms with Gasteiger partial charge in [-0.2, -0.15) is 0 Å². The second kappa shape index (κ2) is 10.1. The average Bonchev–Trinajstić information content (AvgIpc) is 2.17. The largest absolute Gasteiger partial charge is 1.00 e. The molecule has 0 aliphatic heterocycles. The van der Waals surface area contributed by atoms with E-state index < -0.39 is 0 Å². The molecule has 0 amide bonds. The van der Waals surface area contributed by atoms with Crippen LogP contribution in [0, 0.1) is 0 Å². The van der Waals surface area contributed by atoms with Crippen LogP contribution in [-0.2, 0) is 9.47 Å². The van der Waals surface area contributed by atoms with Gasteiger partial charge in [0.2, 0.25) is 0 Å². The highest BCUT2D eigenvalue weighted by Gasteiger charge is 2.15. The highest BCUT2D eigenvalue weighted by atomic mass is 127. The molecule has 0 aromatic carbocycles. The van der Waals surface area contributed by atoms with E-state index in [1.807, 2.05) is 0 Å². The van der Waals surface area contributed by atoms with Crippen molar-refractivity contribution >= 4 is 0 Å². The molecule has 0 spiro atoms. The van der Waals surface area contributed by atoms with E-state index >= 15 is 0 Å². The topological polar surface area (TPSA) is 18.5 Å². The minimum absolute atomic E-state index is 0. The van der Waals surface area contributed by atoms with Crippen LogP contribution in [0.3, 0.4) is 0 Å². The zero-order valence-corrected chi connectivity index (χ0v) is 12.0. The van der Waals surface area contributed by atoms with Gasteiger partial charge >= 0.3 is 0 Å². The van der Waals surface area contributed by atoms with Crippen molar-refractivity contribution in [2.45, 2.75) is 13.8 Å². The molecule has 0 unspecified atom stereocenters. The van der Waals surface area contributed by atoms with E-state index in [2.05, 4.69) is 20.9 Å². The van der Waals surface area contributed by atoms with E-state index in [0.717, 1.165) is 17.6 Å².